The molecule has 0 saturated heterocycles. The van der Waals surface area contributed by atoms with E-state index in [2.05, 4.69) is 25.9 Å². The van der Waals surface area contributed by atoms with Gasteiger partial charge in [0.25, 0.3) is 5.56 Å². The van der Waals surface area contributed by atoms with Crippen LogP contribution in [0.3, 0.4) is 0 Å². The summed E-state index contributed by atoms with van der Waals surface area (Å²) in [6.07, 6.45) is -0.293. The quantitative estimate of drug-likeness (QED) is 0.527. The molecule has 0 fully saturated rings. The van der Waals surface area contributed by atoms with Crippen LogP contribution in [-0.4, -0.2) is 21.8 Å². The van der Waals surface area contributed by atoms with E-state index in [1.807, 2.05) is 6.07 Å². The van der Waals surface area contributed by atoms with Crippen molar-refractivity contribution in [1.29, 1.82) is 0 Å². The third kappa shape index (κ3) is 3.88. The SMILES string of the molecule is O=C1CC(C(=O)Nc2ccc(F)c(F)c2)c2c(nc(Nc3ccccc3)[nH]c2=O)N1. The number of H-pyrrole nitrogens is 1. The molecule has 2 amide bonds. The fraction of sp³-hybridized carbons (Fsp3) is 0.100. The molecule has 0 bridgehead atoms. The highest BCUT2D eigenvalue weighted by atomic mass is 19.2. The number of aromatic amines is 1. The zero-order valence-electron chi connectivity index (χ0n) is 15.3. The minimum atomic E-state index is -1.15. The topological polar surface area (TPSA) is 116 Å². The molecule has 0 spiro atoms. The molecule has 30 heavy (non-hydrogen) atoms. The first-order valence-corrected chi connectivity index (χ1v) is 8.93. The number of benzene rings is 2. The van der Waals surface area contributed by atoms with Crippen molar-refractivity contribution in [3.05, 3.63) is 76.1 Å². The van der Waals surface area contributed by atoms with Crippen molar-refractivity contribution in [1.82, 2.24) is 9.97 Å². The van der Waals surface area contributed by atoms with Gasteiger partial charge in [0, 0.05) is 23.9 Å². The van der Waals surface area contributed by atoms with E-state index >= 15 is 0 Å². The molecule has 2 heterocycles. The average molecular weight is 411 g/mol. The molecule has 152 valence electrons. The Balaban J connectivity index is 1.64. The van der Waals surface area contributed by atoms with Crippen LogP contribution in [0.15, 0.2) is 53.3 Å². The van der Waals surface area contributed by atoms with Gasteiger partial charge >= 0.3 is 0 Å². The molecular weight excluding hydrogens is 396 g/mol. The first kappa shape index (κ1) is 19.2. The zero-order valence-corrected chi connectivity index (χ0v) is 15.3. The van der Waals surface area contributed by atoms with Gasteiger partial charge in [-0.05, 0) is 24.3 Å². The average Bonchev–Trinajstić information content (AvgIpc) is 2.70. The van der Waals surface area contributed by atoms with Crippen LogP contribution in [0.2, 0.25) is 0 Å². The number of aromatic nitrogens is 2. The second kappa shape index (κ2) is 7.74. The smallest absolute Gasteiger partial charge is 0.258 e. The molecule has 1 aliphatic rings. The number of hydrogen-bond donors (Lipinski definition) is 4. The van der Waals surface area contributed by atoms with Crippen LogP contribution in [0.1, 0.15) is 17.9 Å². The van der Waals surface area contributed by atoms with Gasteiger partial charge in [-0.25, -0.2) is 8.78 Å². The van der Waals surface area contributed by atoms with Crippen molar-refractivity contribution in [3.8, 4) is 0 Å². The van der Waals surface area contributed by atoms with E-state index in [4.69, 9.17) is 0 Å². The largest absolute Gasteiger partial charge is 0.326 e. The van der Waals surface area contributed by atoms with Crippen LogP contribution in [0.25, 0.3) is 0 Å². The summed E-state index contributed by atoms with van der Waals surface area (Å²) in [5.41, 5.74) is 0.0331. The summed E-state index contributed by atoms with van der Waals surface area (Å²) in [7, 11) is 0. The van der Waals surface area contributed by atoms with Gasteiger partial charge in [0.1, 0.15) is 5.82 Å². The first-order chi connectivity index (χ1) is 14.4. The van der Waals surface area contributed by atoms with Gasteiger partial charge in [-0.15, -0.1) is 0 Å². The summed E-state index contributed by atoms with van der Waals surface area (Å²) in [4.78, 5) is 44.2. The van der Waals surface area contributed by atoms with Crippen molar-refractivity contribution < 1.29 is 18.4 Å². The Hall–Kier alpha value is -4.08. The monoisotopic (exact) mass is 411 g/mol. The number of carbonyl (C=O) groups is 2. The third-order valence-electron chi connectivity index (χ3n) is 4.49. The van der Waals surface area contributed by atoms with Gasteiger partial charge in [-0.2, -0.15) is 4.98 Å². The molecule has 0 radical (unpaired) electrons. The lowest BCUT2D eigenvalue weighted by molar-refractivity contribution is -0.123. The summed E-state index contributed by atoms with van der Waals surface area (Å²) in [5, 5.41) is 7.80. The van der Waals surface area contributed by atoms with Crippen molar-refractivity contribution in [3.63, 3.8) is 0 Å². The Morgan fingerprint density at radius 3 is 2.53 bits per heavy atom. The number of fused-ring (bicyclic) bond motifs is 1. The molecule has 4 N–H and O–H groups in total. The molecule has 0 saturated carbocycles. The maximum absolute atomic E-state index is 13.4. The molecule has 2 aromatic carbocycles. The summed E-state index contributed by atoms with van der Waals surface area (Å²) in [6, 6.07) is 11.8. The maximum atomic E-state index is 13.4. The van der Waals surface area contributed by atoms with E-state index in [1.54, 1.807) is 24.3 Å². The molecule has 0 aliphatic carbocycles. The number of anilines is 4. The molecule has 8 nitrogen and oxygen atoms in total. The molecular formula is C20H15F2N5O3. The summed E-state index contributed by atoms with van der Waals surface area (Å²) >= 11 is 0. The number of amides is 2. The van der Waals surface area contributed by atoms with E-state index < -0.39 is 34.9 Å². The molecule has 10 heteroatoms. The third-order valence-corrected chi connectivity index (χ3v) is 4.49. The molecule has 1 aromatic heterocycles. The lowest BCUT2D eigenvalue weighted by Crippen LogP contribution is -2.36. The van der Waals surface area contributed by atoms with Crippen molar-refractivity contribution in [2.24, 2.45) is 0 Å². The number of nitrogens with zero attached hydrogens (tertiary/aromatic N) is 1. The Bertz CT molecular complexity index is 1200. The van der Waals surface area contributed by atoms with Gasteiger partial charge in [0.2, 0.25) is 17.8 Å². The van der Waals surface area contributed by atoms with Crippen LogP contribution < -0.4 is 21.5 Å². The molecule has 4 rings (SSSR count). The van der Waals surface area contributed by atoms with Crippen LogP contribution in [0.4, 0.5) is 31.9 Å². The minimum Gasteiger partial charge on any atom is -0.326 e. The van der Waals surface area contributed by atoms with Crippen molar-refractivity contribution in [2.75, 3.05) is 16.0 Å². The Morgan fingerprint density at radius 1 is 1.03 bits per heavy atom. The number of hydrogen-bond acceptors (Lipinski definition) is 5. The van der Waals surface area contributed by atoms with E-state index in [1.165, 1.54) is 6.07 Å². The Kier molecular flexibility index (Phi) is 4.97. The van der Waals surface area contributed by atoms with Crippen molar-refractivity contribution in [2.45, 2.75) is 12.3 Å². The molecule has 3 aromatic rings. The van der Waals surface area contributed by atoms with Gasteiger partial charge in [-0.1, -0.05) is 18.2 Å². The second-order valence-electron chi connectivity index (χ2n) is 6.59. The molecule has 1 aliphatic heterocycles. The molecule has 1 atom stereocenters. The van der Waals surface area contributed by atoms with E-state index in [0.717, 1.165) is 12.1 Å². The second-order valence-corrected chi connectivity index (χ2v) is 6.59. The fourth-order valence-corrected chi connectivity index (χ4v) is 3.12. The highest BCUT2D eigenvalue weighted by molar-refractivity contribution is 6.04. The number of carbonyl (C=O) groups excluding carboxylic acids is 2. The van der Waals surface area contributed by atoms with Crippen LogP contribution in [0.5, 0.6) is 0 Å². The standard InChI is InChI=1S/C20H15F2N5O3/c21-13-7-6-11(8-14(13)22)23-18(29)12-9-15(28)25-17-16(12)19(30)27-20(26-17)24-10-4-2-1-3-5-10/h1-8,12H,9H2,(H,23,29)(H3,24,25,26,27,28,30). The number of para-hydroxylation sites is 1. The number of nitrogens with one attached hydrogen (secondary N) is 4. The lowest BCUT2D eigenvalue weighted by Gasteiger charge is -2.23. The lowest BCUT2D eigenvalue weighted by atomic mass is 9.92. The van der Waals surface area contributed by atoms with E-state index in [-0.39, 0.29) is 29.4 Å². The highest BCUT2D eigenvalue weighted by Gasteiger charge is 2.34. The Labute approximate surface area is 168 Å². The summed E-state index contributed by atoms with van der Waals surface area (Å²) in [6.45, 7) is 0. The number of halogens is 2. The molecule has 1 unspecified atom stereocenters. The van der Waals surface area contributed by atoms with Crippen LogP contribution >= 0.6 is 0 Å². The highest BCUT2D eigenvalue weighted by Crippen LogP contribution is 2.30. The fourth-order valence-electron chi connectivity index (χ4n) is 3.12. The normalized spacial score (nSPS) is 15.1. The minimum absolute atomic E-state index is 0.00168. The summed E-state index contributed by atoms with van der Waals surface area (Å²) in [5.74, 6) is -4.51. The van der Waals surface area contributed by atoms with Gasteiger partial charge in [-0.3, -0.25) is 19.4 Å². The van der Waals surface area contributed by atoms with E-state index in [9.17, 15) is 23.2 Å². The van der Waals surface area contributed by atoms with Gasteiger partial charge in [0.05, 0.1) is 11.5 Å². The number of rotatable bonds is 4. The predicted molar refractivity (Wildman–Crippen MR) is 106 cm³/mol. The van der Waals surface area contributed by atoms with Gasteiger partial charge in [0.15, 0.2) is 11.6 Å². The first-order valence-electron chi connectivity index (χ1n) is 8.93. The zero-order chi connectivity index (χ0) is 21.3. The van der Waals surface area contributed by atoms with Gasteiger partial charge < -0.3 is 16.0 Å². The van der Waals surface area contributed by atoms with Crippen LogP contribution in [0, 0.1) is 11.6 Å². The maximum Gasteiger partial charge on any atom is 0.258 e. The van der Waals surface area contributed by atoms with Crippen LogP contribution in [-0.2, 0) is 9.59 Å². The van der Waals surface area contributed by atoms with E-state index in [0.29, 0.717) is 5.69 Å². The Morgan fingerprint density at radius 2 is 1.80 bits per heavy atom. The summed E-state index contributed by atoms with van der Waals surface area (Å²) < 4.78 is 26.5. The van der Waals surface area contributed by atoms with Crippen molar-refractivity contribution >= 4 is 35.0 Å². The predicted octanol–water partition coefficient (Wildman–Crippen LogP) is 2.86.